The topological polar surface area (TPSA) is 120 Å². The molecule has 0 unspecified atom stereocenters. The number of aliphatic hydroxyl groups excluding tert-OH is 1. The number of carbonyl (C=O) groups is 2. The van der Waals surface area contributed by atoms with E-state index in [1.54, 1.807) is 0 Å². The average Bonchev–Trinajstić information content (AvgIpc) is 3.04. The molecule has 0 aliphatic heterocycles. The predicted octanol–water partition coefficient (Wildman–Crippen LogP) is 3.18. The Hall–Kier alpha value is -2.00. The molecule has 0 saturated carbocycles. The van der Waals surface area contributed by atoms with Gasteiger partial charge in [0.05, 0.1) is 0 Å². The smallest absolute Gasteiger partial charge is 0.358 e. The van der Waals surface area contributed by atoms with E-state index in [0.717, 1.165) is 4.90 Å². The quantitative estimate of drug-likeness (QED) is 0.547. The van der Waals surface area contributed by atoms with Gasteiger partial charge in [0.2, 0.25) is 5.89 Å². The second kappa shape index (κ2) is 9.27. The van der Waals surface area contributed by atoms with Gasteiger partial charge in [-0.15, -0.1) is 5.06 Å². The summed E-state index contributed by atoms with van der Waals surface area (Å²) in [4.78, 5) is 30.2. The lowest BCUT2D eigenvalue weighted by atomic mass is 9.96. The molecule has 154 valence electrons. The van der Waals surface area contributed by atoms with Gasteiger partial charge in [0.1, 0.15) is 6.10 Å². The van der Waals surface area contributed by atoms with Gasteiger partial charge in [0.15, 0.2) is 0 Å². The summed E-state index contributed by atoms with van der Waals surface area (Å²) >= 11 is 0. The molecule has 3 amide bonds. The van der Waals surface area contributed by atoms with Gasteiger partial charge in [-0.05, 0) is 29.3 Å². The molecule has 1 atom stereocenters. The Kier molecular flexibility index (Phi) is 7.91. The molecule has 1 aromatic heterocycles. The molecule has 9 heteroatoms. The van der Waals surface area contributed by atoms with E-state index in [1.807, 2.05) is 48.5 Å². The molecule has 0 bridgehead atoms. The molecule has 0 saturated heterocycles. The first-order valence-corrected chi connectivity index (χ1v) is 9.19. The summed E-state index contributed by atoms with van der Waals surface area (Å²) in [6.07, 6.45) is -0.724. The molecule has 1 rings (SSSR count). The summed E-state index contributed by atoms with van der Waals surface area (Å²) in [6.45, 7) is 13.4. The minimum atomic E-state index is -1.46. The number of urea groups is 1. The predicted molar refractivity (Wildman–Crippen MR) is 99.3 cm³/mol. The van der Waals surface area contributed by atoms with Crippen LogP contribution in [0.5, 0.6) is 0 Å². The number of amides is 3. The molecule has 0 aliphatic carbocycles. The molecular weight excluding hydrogens is 352 g/mol. The third kappa shape index (κ3) is 6.91. The normalized spacial score (nSPS) is 13.1. The van der Waals surface area contributed by atoms with Crippen molar-refractivity contribution in [3.05, 3.63) is 5.89 Å². The number of imide groups is 1. The first kappa shape index (κ1) is 23.0. The van der Waals surface area contributed by atoms with Gasteiger partial charge in [-0.3, -0.25) is 14.9 Å². The average molecular weight is 384 g/mol. The van der Waals surface area contributed by atoms with Crippen molar-refractivity contribution >= 4 is 17.9 Å². The summed E-state index contributed by atoms with van der Waals surface area (Å²) in [5, 5.41) is 23.8. The van der Waals surface area contributed by atoms with E-state index in [-0.39, 0.29) is 41.2 Å². The number of rotatable bonds is 7. The number of hydrogen-bond acceptors (Lipinski definition) is 7. The summed E-state index contributed by atoms with van der Waals surface area (Å²) in [6, 6.07) is -1.03. The van der Waals surface area contributed by atoms with E-state index in [1.165, 1.54) is 0 Å². The minimum Gasteiger partial charge on any atom is -0.383 e. The van der Waals surface area contributed by atoms with Crippen LogP contribution in [0, 0.1) is 11.3 Å². The highest BCUT2D eigenvalue weighted by atomic mass is 16.5. The minimum absolute atomic E-state index is 0.0393. The largest absolute Gasteiger partial charge is 0.383 e. The van der Waals surface area contributed by atoms with E-state index in [4.69, 9.17) is 4.52 Å². The number of hydroxylamine groups is 2. The zero-order valence-electron chi connectivity index (χ0n) is 17.3. The Bertz CT molecular complexity index is 636. The van der Waals surface area contributed by atoms with Crippen LogP contribution in [0.3, 0.4) is 0 Å². The molecule has 0 fully saturated rings. The number of hydrogen-bond donors (Lipinski definition) is 2. The van der Waals surface area contributed by atoms with E-state index in [9.17, 15) is 19.9 Å². The summed E-state index contributed by atoms with van der Waals surface area (Å²) in [5.41, 5.74) is -0.367. The lowest BCUT2D eigenvalue weighted by Crippen LogP contribution is -2.50. The van der Waals surface area contributed by atoms with Crippen LogP contribution in [-0.4, -0.2) is 50.1 Å². The van der Waals surface area contributed by atoms with Crippen molar-refractivity contribution in [2.75, 3.05) is 11.4 Å². The number of carbonyl (C=O) groups excluding carboxylic acids is 2. The van der Waals surface area contributed by atoms with Crippen molar-refractivity contribution in [1.29, 1.82) is 0 Å². The van der Waals surface area contributed by atoms with Gasteiger partial charge >= 0.3 is 6.03 Å². The van der Waals surface area contributed by atoms with Crippen molar-refractivity contribution in [3.63, 3.8) is 0 Å². The fraction of sp³-hybridized carbons (Fsp3) is 0.778. The van der Waals surface area contributed by atoms with Crippen LogP contribution in [0.15, 0.2) is 4.52 Å². The summed E-state index contributed by atoms with van der Waals surface area (Å²) < 4.78 is 5.13. The van der Waals surface area contributed by atoms with Crippen LogP contribution >= 0.6 is 0 Å². The molecule has 9 nitrogen and oxygen atoms in total. The van der Waals surface area contributed by atoms with E-state index in [0.29, 0.717) is 12.3 Å². The lowest BCUT2D eigenvalue weighted by molar-refractivity contribution is -0.162. The fourth-order valence-corrected chi connectivity index (χ4v) is 2.23. The van der Waals surface area contributed by atoms with Crippen LogP contribution in [0.4, 0.5) is 10.7 Å². The molecule has 27 heavy (non-hydrogen) atoms. The highest BCUT2D eigenvalue weighted by Crippen LogP contribution is 2.23. The Morgan fingerprint density at radius 2 is 1.74 bits per heavy atom. The maximum absolute atomic E-state index is 12.7. The number of anilines is 1. The summed E-state index contributed by atoms with van der Waals surface area (Å²) in [7, 11) is 0. The highest BCUT2D eigenvalue weighted by Gasteiger charge is 2.35. The molecule has 2 N–H and O–H groups in total. The number of aromatic nitrogens is 2. The third-order valence-electron chi connectivity index (χ3n) is 3.72. The molecular formula is C18H32N4O5. The second-order valence-electron chi connectivity index (χ2n) is 8.65. The maximum Gasteiger partial charge on any atom is 0.358 e. The van der Waals surface area contributed by atoms with Gasteiger partial charge < -0.3 is 9.63 Å². The van der Waals surface area contributed by atoms with Gasteiger partial charge in [-0.25, -0.2) is 4.79 Å². The van der Waals surface area contributed by atoms with Crippen LogP contribution in [0.2, 0.25) is 0 Å². The van der Waals surface area contributed by atoms with E-state index in [2.05, 4.69) is 10.1 Å². The molecule has 0 radical (unpaired) electrons. The second-order valence-corrected chi connectivity index (χ2v) is 8.65. The van der Waals surface area contributed by atoms with E-state index < -0.39 is 18.0 Å². The number of aliphatic hydroxyl groups is 1. The first-order valence-electron chi connectivity index (χ1n) is 9.19. The SMILES string of the molecule is CC(C)CC[C@H](O)C(=O)N(O)C(=O)N(CC(C)(C)C)c1noc(C(C)C)n1. The molecule has 0 aliphatic rings. The third-order valence-corrected chi connectivity index (χ3v) is 3.72. The monoisotopic (exact) mass is 384 g/mol. The van der Waals surface area contributed by atoms with Crippen LogP contribution in [0.1, 0.15) is 73.1 Å². The van der Waals surface area contributed by atoms with Gasteiger partial charge in [-0.2, -0.15) is 4.98 Å². The zero-order valence-corrected chi connectivity index (χ0v) is 17.3. The Labute approximate surface area is 160 Å². The van der Waals surface area contributed by atoms with Crippen molar-refractivity contribution in [2.24, 2.45) is 11.3 Å². The van der Waals surface area contributed by atoms with Crippen molar-refractivity contribution in [2.45, 2.75) is 73.3 Å². The van der Waals surface area contributed by atoms with Gasteiger partial charge in [0, 0.05) is 12.5 Å². The first-order chi connectivity index (χ1) is 12.3. The summed E-state index contributed by atoms with van der Waals surface area (Å²) in [5.74, 6) is -0.539. The zero-order chi connectivity index (χ0) is 20.9. The maximum atomic E-state index is 12.7. The van der Waals surface area contributed by atoms with Crippen molar-refractivity contribution in [1.82, 2.24) is 15.2 Å². The van der Waals surface area contributed by atoms with Crippen molar-refractivity contribution in [3.8, 4) is 0 Å². The fourth-order valence-electron chi connectivity index (χ4n) is 2.23. The molecule has 0 spiro atoms. The van der Waals surface area contributed by atoms with Gasteiger partial charge in [-0.1, -0.05) is 48.5 Å². The lowest BCUT2D eigenvalue weighted by Gasteiger charge is -2.29. The molecule has 0 aromatic carbocycles. The Morgan fingerprint density at radius 3 is 2.19 bits per heavy atom. The van der Waals surface area contributed by atoms with Crippen LogP contribution < -0.4 is 4.90 Å². The Balaban J connectivity index is 3.02. The number of nitrogens with zero attached hydrogens (tertiary/aromatic N) is 4. The van der Waals surface area contributed by atoms with Crippen molar-refractivity contribution < 1.29 is 24.4 Å². The van der Waals surface area contributed by atoms with Crippen LogP contribution in [-0.2, 0) is 4.79 Å². The van der Waals surface area contributed by atoms with Crippen LogP contribution in [0.25, 0.3) is 0 Å². The highest BCUT2D eigenvalue weighted by molar-refractivity contribution is 6.01. The molecule has 1 aromatic rings. The van der Waals surface area contributed by atoms with E-state index >= 15 is 0 Å². The molecule has 1 heterocycles. The van der Waals surface area contributed by atoms with Gasteiger partial charge in [0.25, 0.3) is 11.9 Å². The Morgan fingerprint density at radius 1 is 1.15 bits per heavy atom. The standard InChI is InChI=1S/C18H32N4O5/c1-11(2)8-9-13(23)15(24)22(26)17(25)21(10-18(5,6)7)16-19-14(12(3)4)27-20-16/h11-13,23,26H,8-10H2,1-7H3/t13-/m0/s1.